The first kappa shape index (κ1) is 19.9. The Morgan fingerprint density at radius 3 is 1.86 bits per heavy atom. The van der Waals surface area contributed by atoms with E-state index in [1.165, 1.54) is 60.4 Å². The quantitative estimate of drug-likeness (QED) is 0.262. The van der Waals surface area contributed by atoms with E-state index in [0.29, 0.717) is 0 Å². The number of fused-ring (bicyclic) bond motifs is 5. The van der Waals surface area contributed by atoms with Gasteiger partial charge < -0.3 is 9.47 Å². The lowest BCUT2D eigenvalue weighted by atomic mass is 10.1. The second-order valence-electron chi connectivity index (χ2n) is 9.18. The lowest BCUT2D eigenvalue weighted by Gasteiger charge is -2.19. The average Bonchev–Trinajstić information content (AvgIpc) is 3.24. The standard InChI is InChI=1S/C33H24N2/c1-34(27-13-3-2-4-14-27)28-17-18-32-31(22-28)30-20-25-11-7-8-12-26(25)21-33(30)35(32)29-16-15-23-9-5-6-10-24(23)19-29/h2-22H,1H3. The number of rotatable bonds is 3. The molecule has 0 saturated heterocycles. The van der Waals surface area contributed by atoms with Crippen molar-refractivity contribution in [2.75, 3.05) is 11.9 Å². The van der Waals surface area contributed by atoms with Crippen LogP contribution in [-0.2, 0) is 0 Å². The maximum absolute atomic E-state index is 2.41. The highest BCUT2D eigenvalue weighted by Crippen LogP contribution is 2.38. The molecule has 0 aliphatic heterocycles. The zero-order valence-corrected chi connectivity index (χ0v) is 19.5. The third-order valence-corrected chi connectivity index (χ3v) is 7.14. The Morgan fingerprint density at radius 1 is 0.457 bits per heavy atom. The molecular formula is C33H24N2. The number of anilines is 2. The van der Waals surface area contributed by atoms with Crippen molar-refractivity contribution in [3.05, 3.63) is 127 Å². The van der Waals surface area contributed by atoms with Gasteiger partial charge in [0, 0.05) is 34.9 Å². The SMILES string of the molecule is CN(c1ccccc1)c1ccc2c(c1)c1cc3ccccc3cc1n2-c1ccc2ccccc2c1. The molecule has 0 spiro atoms. The molecule has 0 fully saturated rings. The van der Waals surface area contributed by atoms with Crippen LogP contribution < -0.4 is 4.90 Å². The van der Waals surface area contributed by atoms with Gasteiger partial charge in [-0.15, -0.1) is 0 Å². The summed E-state index contributed by atoms with van der Waals surface area (Å²) >= 11 is 0. The summed E-state index contributed by atoms with van der Waals surface area (Å²) in [5.41, 5.74) is 5.98. The number of hydrogen-bond donors (Lipinski definition) is 0. The molecule has 2 nitrogen and oxygen atoms in total. The Bertz CT molecular complexity index is 1860. The molecule has 1 heterocycles. The molecule has 7 rings (SSSR count). The third-order valence-electron chi connectivity index (χ3n) is 7.14. The summed E-state index contributed by atoms with van der Waals surface area (Å²) in [5, 5.41) is 7.57. The summed E-state index contributed by atoms with van der Waals surface area (Å²) in [6.45, 7) is 0. The lowest BCUT2D eigenvalue weighted by molar-refractivity contribution is 1.18. The topological polar surface area (TPSA) is 8.17 Å². The van der Waals surface area contributed by atoms with Crippen LogP contribution in [0.4, 0.5) is 11.4 Å². The average molecular weight is 449 g/mol. The summed E-state index contributed by atoms with van der Waals surface area (Å²) in [6, 6.07) is 46.0. The molecule has 0 aliphatic carbocycles. The maximum Gasteiger partial charge on any atom is 0.0547 e. The van der Waals surface area contributed by atoms with Gasteiger partial charge in [-0.1, -0.05) is 72.8 Å². The van der Waals surface area contributed by atoms with E-state index >= 15 is 0 Å². The molecule has 0 saturated carbocycles. The van der Waals surface area contributed by atoms with Gasteiger partial charge in [0.1, 0.15) is 0 Å². The summed E-state index contributed by atoms with van der Waals surface area (Å²) in [5.74, 6) is 0. The van der Waals surface area contributed by atoms with Crippen molar-refractivity contribution < 1.29 is 0 Å². The summed E-state index contributed by atoms with van der Waals surface area (Å²) in [7, 11) is 2.13. The van der Waals surface area contributed by atoms with Gasteiger partial charge in [-0.25, -0.2) is 0 Å². The zero-order valence-electron chi connectivity index (χ0n) is 19.5. The Kier molecular flexibility index (Phi) is 4.40. The number of aromatic nitrogens is 1. The van der Waals surface area contributed by atoms with E-state index in [-0.39, 0.29) is 0 Å². The van der Waals surface area contributed by atoms with Crippen molar-refractivity contribution in [1.82, 2.24) is 4.57 Å². The van der Waals surface area contributed by atoms with Gasteiger partial charge in [0.2, 0.25) is 0 Å². The van der Waals surface area contributed by atoms with Crippen molar-refractivity contribution in [1.29, 1.82) is 0 Å². The molecule has 0 unspecified atom stereocenters. The van der Waals surface area contributed by atoms with Crippen molar-refractivity contribution in [3.8, 4) is 5.69 Å². The first-order valence-electron chi connectivity index (χ1n) is 12.0. The number of hydrogen-bond acceptors (Lipinski definition) is 1. The highest BCUT2D eigenvalue weighted by atomic mass is 15.1. The van der Waals surface area contributed by atoms with Crippen molar-refractivity contribution in [2.24, 2.45) is 0 Å². The minimum absolute atomic E-state index is 1.18. The molecule has 6 aromatic carbocycles. The summed E-state index contributed by atoms with van der Waals surface area (Å²) in [4.78, 5) is 2.25. The van der Waals surface area contributed by atoms with E-state index in [1.54, 1.807) is 0 Å². The fourth-order valence-corrected chi connectivity index (χ4v) is 5.30. The predicted octanol–water partition coefficient (Wildman–Crippen LogP) is 8.86. The van der Waals surface area contributed by atoms with E-state index in [9.17, 15) is 0 Å². The fraction of sp³-hybridized carbons (Fsp3) is 0.0303. The predicted molar refractivity (Wildman–Crippen MR) is 150 cm³/mol. The van der Waals surface area contributed by atoms with Gasteiger partial charge in [-0.05, 0) is 76.1 Å². The molecule has 1 aromatic heterocycles. The molecule has 0 aliphatic rings. The zero-order chi connectivity index (χ0) is 23.4. The van der Waals surface area contributed by atoms with Crippen LogP contribution in [0, 0.1) is 0 Å². The van der Waals surface area contributed by atoms with Crippen LogP contribution >= 0.6 is 0 Å². The van der Waals surface area contributed by atoms with Crippen LogP contribution in [0.1, 0.15) is 0 Å². The normalized spacial score (nSPS) is 11.6. The molecule has 0 bridgehead atoms. The van der Waals surface area contributed by atoms with Crippen molar-refractivity contribution in [3.63, 3.8) is 0 Å². The van der Waals surface area contributed by atoms with E-state index in [1.807, 2.05) is 0 Å². The Morgan fingerprint density at radius 2 is 1.09 bits per heavy atom. The molecule has 7 aromatic rings. The van der Waals surface area contributed by atoms with Gasteiger partial charge >= 0.3 is 0 Å². The van der Waals surface area contributed by atoms with Gasteiger partial charge in [0.25, 0.3) is 0 Å². The fourth-order valence-electron chi connectivity index (χ4n) is 5.30. The van der Waals surface area contributed by atoms with Crippen LogP contribution in [0.5, 0.6) is 0 Å². The highest BCUT2D eigenvalue weighted by molar-refractivity contribution is 6.14. The highest BCUT2D eigenvalue weighted by Gasteiger charge is 2.15. The molecule has 0 atom stereocenters. The van der Waals surface area contributed by atoms with Crippen molar-refractivity contribution in [2.45, 2.75) is 0 Å². The first-order chi connectivity index (χ1) is 17.3. The van der Waals surface area contributed by atoms with Gasteiger partial charge in [-0.3, -0.25) is 0 Å². The second-order valence-corrected chi connectivity index (χ2v) is 9.18. The third kappa shape index (κ3) is 3.18. The monoisotopic (exact) mass is 448 g/mol. The molecular weight excluding hydrogens is 424 g/mol. The number of nitrogens with zero attached hydrogens (tertiary/aromatic N) is 2. The van der Waals surface area contributed by atoms with Crippen LogP contribution in [0.3, 0.4) is 0 Å². The minimum Gasteiger partial charge on any atom is -0.345 e. The van der Waals surface area contributed by atoms with Crippen LogP contribution in [0.15, 0.2) is 127 Å². The maximum atomic E-state index is 2.41. The summed E-state index contributed by atoms with van der Waals surface area (Å²) in [6.07, 6.45) is 0. The molecule has 35 heavy (non-hydrogen) atoms. The van der Waals surface area contributed by atoms with Gasteiger partial charge in [0.15, 0.2) is 0 Å². The molecule has 0 N–H and O–H groups in total. The van der Waals surface area contributed by atoms with Crippen LogP contribution in [0.2, 0.25) is 0 Å². The number of para-hydroxylation sites is 1. The number of benzene rings is 6. The van der Waals surface area contributed by atoms with Gasteiger partial charge in [0.05, 0.1) is 11.0 Å². The minimum atomic E-state index is 1.18. The first-order valence-corrected chi connectivity index (χ1v) is 12.0. The Balaban J connectivity index is 1.54. The molecule has 166 valence electrons. The summed E-state index contributed by atoms with van der Waals surface area (Å²) < 4.78 is 2.41. The van der Waals surface area contributed by atoms with E-state index < -0.39 is 0 Å². The van der Waals surface area contributed by atoms with Gasteiger partial charge in [-0.2, -0.15) is 0 Å². The van der Waals surface area contributed by atoms with Crippen molar-refractivity contribution >= 4 is 54.7 Å². The van der Waals surface area contributed by atoms with E-state index in [4.69, 9.17) is 0 Å². The Labute approximate surface area is 204 Å². The Hall–Kier alpha value is -4.56. The second kappa shape index (κ2) is 7.75. The van der Waals surface area contributed by atoms with Crippen LogP contribution in [0.25, 0.3) is 49.0 Å². The molecule has 0 radical (unpaired) electrons. The van der Waals surface area contributed by atoms with E-state index in [2.05, 4.69) is 144 Å². The largest absolute Gasteiger partial charge is 0.345 e. The van der Waals surface area contributed by atoms with Crippen LogP contribution in [-0.4, -0.2) is 11.6 Å². The molecule has 2 heteroatoms. The van der Waals surface area contributed by atoms with E-state index in [0.717, 1.165) is 0 Å². The smallest absolute Gasteiger partial charge is 0.0547 e. The molecule has 0 amide bonds. The lowest BCUT2D eigenvalue weighted by Crippen LogP contribution is -2.08.